The summed E-state index contributed by atoms with van der Waals surface area (Å²) in [7, 11) is 2.19. The summed E-state index contributed by atoms with van der Waals surface area (Å²) in [5.41, 5.74) is 5.62. The molecule has 96 valence electrons. The van der Waals surface area contributed by atoms with Gasteiger partial charge in [-0.1, -0.05) is 0 Å². The Bertz CT molecular complexity index is 334. The van der Waals surface area contributed by atoms with Crippen LogP contribution in [0.15, 0.2) is 12.1 Å². The Hall–Kier alpha value is -0.420. The predicted molar refractivity (Wildman–Crippen MR) is 72.1 cm³/mol. The molecule has 2 N–H and O–H groups in total. The van der Waals surface area contributed by atoms with E-state index in [1.165, 1.54) is 22.6 Å². The zero-order valence-corrected chi connectivity index (χ0v) is 11.3. The number of rotatable bonds is 5. The number of nitrogens with two attached hydrogens (primary N) is 1. The third kappa shape index (κ3) is 4.07. The van der Waals surface area contributed by atoms with Crippen molar-refractivity contribution < 1.29 is 4.74 Å². The molecule has 0 aromatic carbocycles. The van der Waals surface area contributed by atoms with Crippen molar-refractivity contribution in [2.75, 3.05) is 26.8 Å². The molecule has 0 saturated carbocycles. The van der Waals surface area contributed by atoms with Crippen molar-refractivity contribution in [1.82, 2.24) is 4.90 Å². The van der Waals surface area contributed by atoms with E-state index in [1.54, 1.807) is 0 Å². The molecule has 3 nitrogen and oxygen atoms in total. The van der Waals surface area contributed by atoms with Gasteiger partial charge in [0.2, 0.25) is 0 Å². The van der Waals surface area contributed by atoms with E-state index in [0.29, 0.717) is 12.5 Å². The molecule has 0 bridgehead atoms. The standard InChI is InChI=1S/C13H22N2OS/c1-15(8-11-3-2-6-16-10-11)9-13-5-4-12(7-14)17-13/h4-5,11H,2-3,6-10,14H2,1H3. The fourth-order valence-corrected chi connectivity index (χ4v) is 3.32. The molecular weight excluding hydrogens is 232 g/mol. The molecule has 1 aliphatic heterocycles. The SMILES string of the molecule is CN(Cc1ccc(CN)s1)CC1CCCOC1. The van der Waals surface area contributed by atoms with Gasteiger partial charge >= 0.3 is 0 Å². The largest absolute Gasteiger partial charge is 0.381 e. The number of hydrogen-bond donors (Lipinski definition) is 1. The van der Waals surface area contributed by atoms with Crippen molar-refractivity contribution in [1.29, 1.82) is 0 Å². The van der Waals surface area contributed by atoms with Gasteiger partial charge in [-0.3, -0.25) is 0 Å². The molecule has 1 aromatic heterocycles. The van der Waals surface area contributed by atoms with Crippen LogP contribution in [-0.4, -0.2) is 31.7 Å². The van der Waals surface area contributed by atoms with Crippen LogP contribution in [0, 0.1) is 5.92 Å². The molecule has 0 spiro atoms. The second-order valence-electron chi connectivity index (χ2n) is 4.85. The Morgan fingerprint density at radius 2 is 2.29 bits per heavy atom. The fraction of sp³-hybridized carbons (Fsp3) is 0.692. The van der Waals surface area contributed by atoms with Crippen LogP contribution in [0.3, 0.4) is 0 Å². The van der Waals surface area contributed by atoms with Gasteiger partial charge in [0.15, 0.2) is 0 Å². The van der Waals surface area contributed by atoms with E-state index in [-0.39, 0.29) is 0 Å². The molecular formula is C13H22N2OS. The van der Waals surface area contributed by atoms with Gasteiger partial charge < -0.3 is 15.4 Å². The smallest absolute Gasteiger partial charge is 0.0506 e. The molecule has 1 atom stereocenters. The van der Waals surface area contributed by atoms with Crippen molar-refractivity contribution in [2.45, 2.75) is 25.9 Å². The summed E-state index contributed by atoms with van der Waals surface area (Å²) in [5.74, 6) is 0.711. The molecule has 1 fully saturated rings. The summed E-state index contributed by atoms with van der Waals surface area (Å²) in [6.07, 6.45) is 2.53. The molecule has 1 unspecified atom stereocenters. The number of hydrogen-bond acceptors (Lipinski definition) is 4. The first-order chi connectivity index (χ1) is 8.28. The Morgan fingerprint density at radius 1 is 1.47 bits per heavy atom. The van der Waals surface area contributed by atoms with E-state index >= 15 is 0 Å². The Labute approximate surface area is 108 Å². The van der Waals surface area contributed by atoms with E-state index in [1.807, 2.05) is 11.3 Å². The van der Waals surface area contributed by atoms with E-state index < -0.39 is 0 Å². The second-order valence-corrected chi connectivity index (χ2v) is 6.10. The molecule has 0 radical (unpaired) electrons. The van der Waals surface area contributed by atoms with Gasteiger partial charge in [0.05, 0.1) is 6.61 Å². The molecule has 4 heteroatoms. The molecule has 0 aliphatic carbocycles. The van der Waals surface area contributed by atoms with Crippen molar-refractivity contribution >= 4 is 11.3 Å². The van der Waals surface area contributed by atoms with Crippen LogP contribution < -0.4 is 5.73 Å². The van der Waals surface area contributed by atoms with Crippen molar-refractivity contribution in [3.8, 4) is 0 Å². The van der Waals surface area contributed by atoms with Gasteiger partial charge in [-0.05, 0) is 37.9 Å². The Kier molecular flexibility index (Phi) is 4.98. The van der Waals surface area contributed by atoms with Crippen LogP contribution in [0.2, 0.25) is 0 Å². The summed E-state index contributed by atoms with van der Waals surface area (Å²) >= 11 is 1.83. The van der Waals surface area contributed by atoms with Crippen LogP contribution in [0.1, 0.15) is 22.6 Å². The average Bonchev–Trinajstić information content (AvgIpc) is 2.78. The lowest BCUT2D eigenvalue weighted by atomic mass is 10.0. The molecule has 2 rings (SSSR count). The summed E-state index contributed by atoms with van der Waals surface area (Å²) < 4.78 is 5.51. The summed E-state index contributed by atoms with van der Waals surface area (Å²) in [5, 5.41) is 0. The summed E-state index contributed by atoms with van der Waals surface area (Å²) in [6.45, 7) is 4.70. The predicted octanol–water partition coefficient (Wildman–Crippen LogP) is 2.07. The Balaban J connectivity index is 1.77. The maximum Gasteiger partial charge on any atom is 0.0506 e. The first-order valence-corrected chi connectivity index (χ1v) is 7.13. The Morgan fingerprint density at radius 3 is 2.94 bits per heavy atom. The third-order valence-electron chi connectivity index (χ3n) is 3.17. The monoisotopic (exact) mass is 254 g/mol. The minimum atomic E-state index is 0.658. The van der Waals surface area contributed by atoms with Crippen LogP contribution >= 0.6 is 11.3 Å². The first kappa shape index (κ1) is 13.0. The average molecular weight is 254 g/mol. The maximum absolute atomic E-state index is 5.62. The van der Waals surface area contributed by atoms with E-state index in [0.717, 1.165) is 26.3 Å². The molecule has 1 saturated heterocycles. The van der Waals surface area contributed by atoms with Crippen LogP contribution in [-0.2, 0) is 17.8 Å². The zero-order chi connectivity index (χ0) is 12.1. The normalized spacial score (nSPS) is 21.0. The van der Waals surface area contributed by atoms with Crippen LogP contribution in [0.25, 0.3) is 0 Å². The minimum Gasteiger partial charge on any atom is -0.381 e. The van der Waals surface area contributed by atoms with Crippen molar-refractivity contribution in [2.24, 2.45) is 11.7 Å². The van der Waals surface area contributed by atoms with E-state index in [2.05, 4.69) is 24.1 Å². The van der Waals surface area contributed by atoms with Gasteiger partial charge in [0.1, 0.15) is 0 Å². The minimum absolute atomic E-state index is 0.658. The highest BCUT2D eigenvalue weighted by molar-refractivity contribution is 7.11. The van der Waals surface area contributed by atoms with Crippen molar-refractivity contribution in [3.63, 3.8) is 0 Å². The fourth-order valence-electron chi connectivity index (χ4n) is 2.34. The van der Waals surface area contributed by atoms with Crippen LogP contribution in [0.5, 0.6) is 0 Å². The highest BCUT2D eigenvalue weighted by atomic mass is 32.1. The second kappa shape index (κ2) is 6.50. The van der Waals surface area contributed by atoms with Gasteiger partial charge in [-0.25, -0.2) is 0 Å². The lowest BCUT2D eigenvalue weighted by Crippen LogP contribution is -2.30. The lowest BCUT2D eigenvalue weighted by molar-refractivity contribution is 0.0413. The summed E-state index contributed by atoms with van der Waals surface area (Å²) in [4.78, 5) is 5.07. The first-order valence-electron chi connectivity index (χ1n) is 6.32. The van der Waals surface area contributed by atoms with Crippen molar-refractivity contribution in [3.05, 3.63) is 21.9 Å². The maximum atomic E-state index is 5.62. The molecule has 1 aliphatic rings. The molecule has 1 aromatic rings. The number of nitrogens with zero attached hydrogens (tertiary/aromatic N) is 1. The van der Waals surface area contributed by atoms with Gasteiger partial charge in [0, 0.05) is 36.0 Å². The third-order valence-corrected chi connectivity index (χ3v) is 4.26. The zero-order valence-electron chi connectivity index (χ0n) is 10.5. The lowest BCUT2D eigenvalue weighted by Gasteiger charge is -2.26. The van der Waals surface area contributed by atoms with Gasteiger partial charge in [-0.15, -0.1) is 11.3 Å². The highest BCUT2D eigenvalue weighted by Gasteiger charge is 2.16. The van der Waals surface area contributed by atoms with Gasteiger partial charge in [-0.2, -0.15) is 0 Å². The van der Waals surface area contributed by atoms with Gasteiger partial charge in [0.25, 0.3) is 0 Å². The number of ether oxygens (including phenoxy) is 1. The summed E-state index contributed by atoms with van der Waals surface area (Å²) in [6, 6.07) is 4.33. The quantitative estimate of drug-likeness (QED) is 0.874. The molecule has 0 amide bonds. The van der Waals surface area contributed by atoms with Crippen LogP contribution in [0.4, 0.5) is 0 Å². The highest BCUT2D eigenvalue weighted by Crippen LogP contribution is 2.19. The molecule has 2 heterocycles. The number of thiophene rings is 1. The molecule has 17 heavy (non-hydrogen) atoms. The van der Waals surface area contributed by atoms with E-state index in [4.69, 9.17) is 10.5 Å². The topological polar surface area (TPSA) is 38.5 Å². The van der Waals surface area contributed by atoms with E-state index in [9.17, 15) is 0 Å².